The normalized spacial score (nSPS) is 13.9. The highest BCUT2D eigenvalue weighted by molar-refractivity contribution is 7.90. The van der Waals surface area contributed by atoms with Gasteiger partial charge in [0.05, 0.1) is 23.6 Å². The van der Waals surface area contributed by atoms with Crippen molar-refractivity contribution in [2.24, 2.45) is 0 Å². The van der Waals surface area contributed by atoms with Crippen LogP contribution in [0.4, 0.5) is 0 Å². The van der Waals surface area contributed by atoms with Crippen LogP contribution in [0, 0.1) is 11.3 Å². The van der Waals surface area contributed by atoms with E-state index in [9.17, 15) is 18.3 Å². The van der Waals surface area contributed by atoms with E-state index in [1.54, 1.807) is 6.07 Å². The number of sulfone groups is 1. The maximum atomic E-state index is 11.5. The van der Waals surface area contributed by atoms with Gasteiger partial charge in [-0.05, 0) is 17.7 Å². The van der Waals surface area contributed by atoms with Crippen LogP contribution in [0.15, 0.2) is 29.2 Å². The lowest BCUT2D eigenvalue weighted by molar-refractivity contribution is -0.122. The van der Waals surface area contributed by atoms with Gasteiger partial charge in [-0.3, -0.25) is 4.79 Å². The molecule has 8 heteroatoms. The molecule has 1 aromatic carbocycles. The van der Waals surface area contributed by atoms with Crippen LogP contribution in [0.1, 0.15) is 18.1 Å². The molecule has 1 amide bonds. The second-order valence-electron chi connectivity index (χ2n) is 4.75. The highest BCUT2D eigenvalue weighted by atomic mass is 32.2. The van der Waals surface area contributed by atoms with Crippen molar-refractivity contribution in [3.63, 3.8) is 0 Å². The number of hydrogen-bond acceptors (Lipinski definition) is 6. The number of nitrogens with one attached hydrogen (secondary N) is 1. The molecule has 0 spiro atoms. The van der Waals surface area contributed by atoms with Crippen LogP contribution in [-0.2, 0) is 19.4 Å². The van der Waals surface area contributed by atoms with E-state index in [-0.39, 0.29) is 17.9 Å². The maximum Gasteiger partial charge on any atom is 0.234 e. The quantitative estimate of drug-likeness (QED) is 0.737. The summed E-state index contributed by atoms with van der Waals surface area (Å²) in [5.41, 5.74) is 0.437. The fourth-order valence-corrected chi connectivity index (χ4v) is 2.50. The molecule has 2 atom stereocenters. The topological polar surface area (TPSA) is 116 Å². The van der Waals surface area contributed by atoms with E-state index in [0.717, 1.165) is 6.26 Å². The van der Waals surface area contributed by atoms with Crippen molar-refractivity contribution in [3.8, 4) is 6.07 Å². The number of aliphatic hydroxyl groups excluding tert-OH is 1. The van der Waals surface area contributed by atoms with Gasteiger partial charge in [-0.1, -0.05) is 12.1 Å². The SMILES string of the molecule is COCC(NC(=O)CC#N)C(O)c1ccc(S(C)(=O)=O)cc1. The summed E-state index contributed by atoms with van der Waals surface area (Å²) in [6, 6.07) is 6.69. The Morgan fingerprint density at radius 2 is 2.00 bits per heavy atom. The third-order valence-corrected chi connectivity index (χ3v) is 4.09. The van der Waals surface area contributed by atoms with Crippen LogP contribution in [0.2, 0.25) is 0 Å². The van der Waals surface area contributed by atoms with Gasteiger partial charge in [0.1, 0.15) is 12.5 Å². The fourth-order valence-electron chi connectivity index (χ4n) is 1.87. The molecule has 2 unspecified atom stereocenters. The van der Waals surface area contributed by atoms with E-state index >= 15 is 0 Å². The zero-order chi connectivity index (χ0) is 16.8. The summed E-state index contributed by atoms with van der Waals surface area (Å²) < 4.78 is 27.7. The van der Waals surface area contributed by atoms with Gasteiger partial charge in [0, 0.05) is 13.4 Å². The number of benzene rings is 1. The highest BCUT2D eigenvalue weighted by Crippen LogP contribution is 2.20. The molecule has 0 bridgehead atoms. The number of carbonyl (C=O) groups excluding carboxylic acids is 1. The van der Waals surface area contributed by atoms with Crippen molar-refractivity contribution < 1.29 is 23.1 Å². The van der Waals surface area contributed by atoms with Gasteiger partial charge in [-0.25, -0.2) is 8.42 Å². The Morgan fingerprint density at radius 3 is 2.45 bits per heavy atom. The molecule has 0 radical (unpaired) electrons. The van der Waals surface area contributed by atoms with E-state index in [1.807, 2.05) is 0 Å². The van der Waals surface area contributed by atoms with Crippen LogP contribution in [0.3, 0.4) is 0 Å². The van der Waals surface area contributed by atoms with Gasteiger partial charge in [-0.15, -0.1) is 0 Å². The Morgan fingerprint density at radius 1 is 1.41 bits per heavy atom. The van der Waals surface area contributed by atoms with Gasteiger partial charge in [0.25, 0.3) is 0 Å². The van der Waals surface area contributed by atoms with Crippen LogP contribution < -0.4 is 5.32 Å². The second kappa shape index (κ2) is 7.89. The van der Waals surface area contributed by atoms with Gasteiger partial charge < -0.3 is 15.2 Å². The van der Waals surface area contributed by atoms with Crippen molar-refractivity contribution in [1.29, 1.82) is 5.26 Å². The van der Waals surface area contributed by atoms with Crippen LogP contribution in [-0.4, -0.2) is 45.4 Å². The standard InChI is InChI=1S/C14H18N2O5S/c1-21-9-12(16-13(17)7-8-15)14(18)10-3-5-11(6-4-10)22(2,19)20/h3-6,12,14,18H,7,9H2,1-2H3,(H,16,17). The van der Waals surface area contributed by atoms with Crippen molar-refractivity contribution in [1.82, 2.24) is 5.32 Å². The molecule has 0 saturated heterocycles. The lowest BCUT2D eigenvalue weighted by Crippen LogP contribution is -2.42. The summed E-state index contributed by atoms with van der Waals surface area (Å²) in [4.78, 5) is 11.6. The van der Waals surface area contributed by atoms with Crippen molar-refractivity contribution in [2.45, 2.75) is 23.5 Å². The molecular formula is C14H18N2O5S. The molecule has 0 aliphatic carbocycles. The second-order valence-corrected chi connectivity index (χ2v) is 6.77. The van der Waals surface area contributed by atoms with Gasteiger partial charge >= 0.3 is 0 Å². The van der Waals surface area contributed by atoms with Crippen LogP contribution >= 0.6 is 0 Å². The molecule has 22 heavy (non-hydrogen) atoms. The van der Waals surface area contributed by atoms with Crippen LogP contribution in [0.5, 0.6) is 0 Å². The van der Waals surface area contributed by atoms with Crippen molar-refractivity contribution in [2.75, 3.05) is 20.0 Å². The molecule has 0 aliphatic heterocycles. The minimum atomic E-state index is -3.31. The number of ether oxygens (including phenoxy) is 1. The minimum absolute atomic E-state index is 0.0478. The first-order chi connectivity index (χ1) is 10.3. The molecule has 2 N–H and O–H groups in total. The minimum Gasteiger partial charge on any atom is -0.386 e. The summed E-state index contributed by atoms with van der Waals surface area (Å²) in [6.45, 7) is 0.0478. The van der Waals surface area contributed by atoms with Crippen molar-refractivity contribution in [3.05, 3.63) is 29.8 Å². The zero-order valence-corrected chi connectivity index (χ0v) is 13.1. The molecule has 0 heterocycles. The number of amides is 1. The van der Waals surface area contributed by atoms with Crippen molar-refractivity contribution >= 4 is 15.7 Å². The largest absolute Gasteiger partial charge is 0.386 e. The highest BCUT2D eigenvalue weighted by Gasteiger charge is 2.23. The van der Waals surface area contributed by atoms with E-state index in [0.29, 0.717) is 5.56 Å². The maximum absolute atomic E-state index is 11.5. The predicted octanol–water partition coefficient (Wildman–Crippen LogP) is 0.168. The molecule has 1 aromatic rings. The summed E-state index contributed by atoms with van der Waals surface area (Å²) in [6.07, 6.45) is -0.315. The zero-order valence-electron chi connectivity index (χ0n) is 12.3. The predicted molar refractivity (Wildman–Crippen MR) is 78.5 cm³/mol. The number of methoxy groups -OCH3 is 1. The summed E-state index contributed by atoms with van der Waals surface area (Å²) in [5.74, 6) is -0.517. The lowest BCUT2D eigenvalue weighted by Gasteiger charge is -2.23. The van der Waals surface area contributed by atoms with Crippen LogP contribution in [0.25, 0.3) is 0 Å². The number of rotatable bonds is 7. The Labute approximate surface area is 129 Å². The van der Waals surface area contributed by atoms with Gasteiger partial charge in [-0.2, -0.15) is 5.26 Å². The fraction of sp³-hybridized carbons (Fsp3) is 0.429. The van der Waals surface area contributed by atoms with E-state index < -0.39 is 27.9 Å². The molecule has 0 fully saturated rings. The number of aliphatic hydroxyl groups is 1. The van der Waals surface area contributed by atoms with Gasteiger partial charge in [0.15, 0.2) is 9.84 Å². The lowest BCUT2D eigenvalue weighted by atomic mass is 10.0. The molecule has 0 aromatic heterocycles. The first-order valence-electron chi connectivity index (χ1n) is 6.43. The molecular weight excluding hydrogens is 308 g/mol. The molecule has 0 saturated carbocycles. The number of carbonyl (C=O) groups is 1. The Kier molecular flexibility index (Phi) is 6.49. The Balaban J connectivity index is 2.92. The summed E-state index contributed by atoms with van der Waals surface area (Å²) in [7, 11) is -1.89. The molecule has 0 aliphatic rings. The average molecular weight is 326 g/mol. The monoisotopic (exact) mass is 326 g/mol. The number of nitrogens with zero attached hydrogens (tertiary/aromatic N) is 1. The average Bonchev–Trinajstić information content (AvgIpc) is 2.45. The van der Waals surface area contributed by atoms with E-state index in [4.69, 9.17) is 10.00 Å². The number of hydrogen-bond donors (Lipinski definition) is 2. The van der Waals surface area contributed by atoms with E-state index in [2.05, 4.69) is 5.32 Å². The molecule has 7 nitrogen and oxygen atoms in total. The van der Waals surface area contributed by atoms with E-state index in [1.165, 1.54) is 31.4 Å². The number of nitriles is 1. The molecule has 1 rings (SSSR count). The first kappa shape index (κ1) is 18.1. The third-order valence-electron chi connectivity index (χ3n) is 2.96. The Hall–Kier alpha value is -1.95. The third kappa shape index (κ3) is 5.11. The smallest absolute Gasteiger partial charge is 0.234 e. The van der Waals surface area contributed by atoms with Gasteiger partial charge in [0.2, 0.25) is 5.91 Å². The Bertz CT molecular complexity index is 649. The molecule has 120 valence electrons. The summed E-state index contributed by atoms with van der Waals surface area (Å²) in [5, 5.41) is 21.3. The first-order valence-corrected chi connectivity index (χ1v) is 8.32. The summed E-state index contributed by atoms with van der Waals surface area (Å²) >= 11 is 0.